The van der Waals surface area contributed by atoms with Gasteiger partial charge >= 0.3 is 0 Å². The number of hydrogen-bond donors (Lipinski definition) is 2. The van der Waals surface area contributed by atoms with Gasteiger partial charge in [0.2, 0.25) is 0 Å². The molecule has 166 valence electrons. The van der Waals surface area contributed by atoms with Crippen LogP contribution in [-0.2, 0) is 0 Å². The van der Waals surface area contributed by atoms with E-state index in [1.165, 1.54) is 0 Å². The zero-order valence-corrected chi connectivity index (χ0v) is 20.0. The van der Waals surface area contributed by atoms with E-state index in [1.807, 2.05) is 60.9 Å². The van der Waals surface area contributed by atoms with Gasteiger partial charge in [-0.05, 0) is 69.4 Å². The molecule has 4 aromatic rings. The zero-order valence-electron chi connectivity index (χ0n) is 18.4. The summed E-state index contributed by atoms with van der Waals surface area (Å²) in [6.07, 6.45) is 3.63. The number of nitrogens with zero attached hydrogens (tertiary/aromatic N) is 3. The van der Waals surface area contributed by atoms with Gasteiger partial charge in [0.25, 0.3) is 0 Å². The lowest BCUT2D eigenvalue weighted by Crippen LogP contribution is -2.38. The standard InChI is InChI=1S/C25H27Cl2N5/c1-16(30-22-8-10-28-24-12-18(26)4-6-20(22)24)14-32(3)15-17(2)31-23-9-11-29-25-13-19(27)5-7-21(23)25/h4-13,16-17H,14-15H2,1-3H3,(H,28,30)(H,29,31)/t16-,17-/m0/s1. The first kappa shape index (κ1) is 22.6. The van der Waals surface area contributed by atoms with Crippen LogP contribution < -0.4 is 10.6 Å². The predicted octanol–water partition coefficient (Wildman–Crippen LogP) is 6.32. The van der Waals surface area contributed by atoms with Crippen LogP contribution in [0.3, 0.4) is 0 Å². The normalized spacial score (nSPS) is 13.4. The van der Waals surface area contributed by atoms with E-state index in [0.29, 0.717) is 10.0 Å². The molecule has 0 saturated carbocycles. The van der Waals surface area contributed by atoms with Gasteiger partial charge in [0.05, 0.1) is 11.0 Å². The van der Waals surface area contributed by atoms with E-state index in [2.05, 4.69) is 46.4 Å². The van der Waals surface area contributed by atoms with Crippen LogP contribution in [0.4, 0.5) is 11.4 Å². The molecule has 0 aliphatic carbocycles. The zero-order chi connectivity index (χ0) is 22.7. The predicted molar refractivity (Wildman–Crippen MR) is 137 cm³/mol. The van der Waals surface area contributed by atoms with Crippen molar-refractivity contribution in [1.82, 2.24) is 14.9 Å². The fourth-order valence-electron chi connectivity index (χ4n) is 4.13. The Labute approximate surface area is 198 Å². The van der Waals surface area contributed by atoms with Crippen LogP contribution in [0.25, 0.3) is 21.8 Å². The van der Waals surface area contributed by atoms with Crippen LogP contribution in [0.5, 0.6) is 0 Å². The molecule has 0 amide bonds. The third-order valence-corrected chi connectivity index (χ3v) is 5.85. The number of pyridine rings is 2. The first-order chi connectivity index (χ1) is 15.4. The summed E-state index contributed by atoms with van der Waals surface area (Å²) in [5.41, 5.74) is 3.93. The molecule has 4 rings (SSSR count). The smallest absolute Gasteiger partial charge is 0.0737 e. The topological polar surface area (TPSA) is 53.1 Å². The fourth-order valence-corrected chi connectivity index (χ4v) is 4.46. The molecule has 2 heterocycles. The van der Waals surface area contributed by atoms with Crippen LogP contribution in [-0.4, -0.2) is 47.1 Å². The Kier molecular flexibility index (Phi) is 6.99. The lowest BCUT2D eigenvalue weighted by molar-refractivity contribution is 0.314. The van der Waals surface area contributed by atoms with Crippen molar-refractivity contribution in [2.45, 2.75) is 25.9 Å². The lowest BCUT2D eigenvalue weighted by atomic mass is 10.1. The highest BCUT2D eigenvalue weighted by Gasteiger charge is 2.13. The van der Waals surface area contributed by atoms with Crippen molar-refractivity contribution in [2.24, 2.45) is 0 Å². The summed E-state index contributed by atoms with van der Waals surface area (Å²) in [5.74, 6) is 0. The number of benzene rings is 2. The van der Waals surface area contributed by atoms with Crippen LogP contribution >= 0.6 is 23.2 Å². The summed E-state index contributed by atoms with van der Waals surface area (Å²) >= 11 is 12.2. The van der Waals surface area contributed by atoms with E-state index in [-0.39, 0.29) is 12.1 Å². The molecule has 2 N–H and O–H groups in total. The van der Waals surface area contributed by atoms with E-state index >= 15 is 0 Å². The third-order valence-electron chi connectivity index (χ3n) is 5.38. The fraction of sp³-hybridized carbons (Fsp3) is 0.280. The van der Waals surface area contributed by atoms with Gasteiger partial charge in [-0.15, -0.1) is 0 Å². The summed E-state index contributed by atoms with van der Waals surface area (Å²) in [4.78, 5) is 11.2. The van der Waals surface area contributed by atoms with Gasteiger partial charge in [-0.2, -0.15) is 0 Å². The van der Waals surface area contributed by atoms with Gasteiger partial charge in [-0.3, -0.25) is 9.97 Å². The van der Waals surface area contributed by atoms with Crippen molar-refractivity contribution in [2.75, 3.05) is 30.8 Å². The number of nitrogens with one attached hydrogen (secondary N) is 2. The maximum Gasteiger partial charge on any atom is 0.0737 e. The van der Waals surface area contributed by atoms with Crippen LogP contribution in [0.15, 0.2) is 60.9 Å². The quantitative estimate of drug-likeness (QED) is 0.317. The molecule has 0 radical (unpaired) electrons. The monoisotopic (exact) mass is 467 g/mol. The average molecular weight is 468 g/mol. The van der Waals surface area contributed by atoms with Crippen molar-refractivity contribution in [3.8, 4) is 0 Å². The molecule has 0 aliphatic heterocycles. The summed E-state index contributed by atoms with van der Waals surface area (Å²) in [6.45, 7) is 6.18. The molecule has 32 heavy (non-hydrogen) atoms. The molecular weight excluding hydrogens is 441 g/mol. The van der Waals surface area contributed by atoms with E-state index in [4.69, 9.17) is 23.2 Å². The van der Waals surface area contributed by atoms with Crippen molar-refractivity contribution in [3.05, 3.63) is 71.0 Å². The van der Waals surface area contributed by atoms with E-state index in [9.17, 15) is 0 Å². The van der Waals surface area contributed by atoms with Crippen LogP contribution in [0.1, 0.15) is 13.8 Å². The highest BCUT2D eigenvalue weighted by molar-refractivity contribution is 6.31. The number of fused-ring (bicyclic) bond motifs is 2. The molecule has 2 aromatic heterocycles. The summed E-state index contributed by atoms with van der Waals surface area (Å²) in [6, 6.07) is 16.2. The molecule has 0 spiro atoms. The van der Waals surface area contributed by atoms with Crippen LogP contribution in [0, 0.1) is 0 Å². The second kappa shape index (κ2) is 9.90. The SMILES string of the molecule is C[C@@H](CN(C)C[C@H](C)Nc1ccnc2cc(Cl)ccc12)Nc1ccnc2cc(Cl)ccc12. The molecular formula is C25H27Cl2N5. The Hall–Kier alpha value is -2.60. The van der Waals surface area contributed by atoms with Gasteiger partial charge < -0.3 is 15.5 Å². The molecule has 0 aliphatic rings. The Morgan fingerprint density at radius 2 is 1.19 bits per heavy atom. The Morgan fingerprint density at radius 3 is 1.62 bits per heavy atom. The number of halogens is 2. The Morgan fingerprint density at radius 1 is 0.750 bits per heavy atom. The third kappa shape index (κ3) is 5.41. The molecule has 0 saturated heterocycles. The number of aromatic nitrogens is 2. The number of hydrogen-bond acceptors (Lipinski definition) is 5. The summed E-state index contributed by atoms with van der Waals surface area (Å²) in [7, 11) is 2.14. The number of anilines is 2. The number of rotatable bonds is 8. The second-order valence-corrected chi connectivity index (χ2v) is 9.22. The van der Waals surface area contributed by atoms with E-state index in [1.54, 1.807) is 0 Å². The van der Waals surface area contributed by atoms with E-state index in [0.717, 1.165) is 46.3 Å². The first-order valence-electron chi connectivity index (χ1n) is 10.7. The van der Waals surface area contributed by atoms with Gasteiger partial charge in [0.1, 0.15) is 0 Å². The van der Waals surface area contributed by atoms with Crippen LogP contribution in [0.2, 0.25) is 10.0 Å². The van der Waals surface area contributed by atoms with Crippen molar-refractivity contribution in [1.29, 1.82) is 0 Å². The van der Waals surface area contributed by atoms with E-state index < -0.39 is 0 Å². The van der Waals surface area contributed by atoms with Crippen molar-refractivity contribution in [3.63, 3.8) is 0 Å². The minimum atomic E-state index is 0.261. The summed E-state index contributed by atoms with van der Waals surface area (Å²) < 4.78 is 0. The van der Waals surface area contributed by atoms with Crippen molar-refractivity contribution >= 4 is 56.4 Å². The average Bonchev–Trinajstić information content (AvgIpc) is 2.73. The highest BCUT2D eigenvalue weighted by atomic mass is 35.5. The largest absolute Gasteiger partial charge is 0.381 e. The molecule has 0 fully saturated rings. The molecule has 2 aromatic carbocycles. The molecule has 7 heteroatoms. The van der Waals surface area contributed by atoms with Gasteiger partial charge in [-0.1, -0.05) is 23.2 Å². The molecule has 2 atom stereocenters. The Balaban J connectivity index is 1.36. The van der Waals surface area contributed by atoms with Gasteiger partial charge in [-0.25, -0.2) is 0 Å². The summed E-state index contributed by atoms with van der Waals surface area (Å²) in [5, 5.41) is 10.8. The first-order valence-corrected chi connectivity index (χ1v) is 11.4. The molecule has 0 bridgehead atoms. The second-order valence-electron chi connectivity index (χ2n) is 8.35. The molecule has 5 nitrogen and oxygen atoms in total. The molecule has 0 unspecified atom stereocenters. The highest BCUT2D eigenvalue weighted by Crippen LogP contribution is 2.26. The van der Waals surface area contributed by atoms with Crippen molar-refractivity contribution < 1.29 is 0 Å². The van der Waals surface area contributed by atoms with Gasteiger partial charge in [0, 0.05) is 69.8 Å². The maximum absolute atomic E-state index is 6.11. The minimum absolute atomic E-state index is 0.261. The number of likely N-dealkylation sites (N-methyl/N-ethyl adjacent to an activating group) is 1. The minimum Gasteiger partial charge on any atom is -0.381 e. The maximum atomic E-state index is 6.11. The van der Waals surface area contributed by atoms with Gasteiger partial charge in [0.15, 0.2) is 0 Å². The Bertz CT molecular complexity index is 1130. The lowest BCUT2D eigenvalue weighted by Gasteiger charge is -2.27.